The van der Waals surface area contributed by atoms with Crippen LogP contribution in [0, 0.1) is 30.2 Å². The van der Waals surface area contributed by atoms with Crippen molar-refractivity contribution in [1.82, 2.24) is 74.0 Å². The van der Waals surface area contributed by atoms with E-state index in [4.69, 9.17) is 33.1 Å². The second-order valence-electron chi connectivity index (χ2n) is 28.9. The number of hydrogen-bond acceptors (Lipinski definition) is 17. The van der Waals surface area contributed by atoms with E-state index in [9.17, 15) is 17.6 Å². The first-order chi connectivity index (χ1) is 59.3. The van der Waals surface area contributed by atoms with Crippen molar-refractivity contribution in [3.8, 4) is 112 Å². The first kappa shape index (κ1) is 78.0. The molecule has 10 heterocycles. The molecule has 0 radical (unpaired) electrons. The molecule has 11 aromatic carbocycles. The van der Waals surface area contributed by atoms with Crippen LogP contribution in [-0.2, 0) is 21.1 Å². The lowest BCUT2D eigenvalue weighted by Gasteiger charge is -2.10. The Labute approximate surface area is 695 Å². The van der Waals surface area contributed by atoms with Gasteiger partial charge in [0.25, 0.3) is 0 Å². The van der Waals surface area contributed by atoms with Crippen molar-refractivity contribution in [2.45, 2.75) is 6.92 Å². The van der Waals surface area contributed by atoms with E-state index >= 15 is 0 Å². The van der Waals surface area contributed by atoms with Crippen molar-refractivity contribution in [2.24, 2.45) is 21.1 Å². The van der Waals surface area contributed by atoms with Crippen LogP contribution in [-0.4, -0.2) is 74.0 Å². The van der Waals surface area contributed by atoms with Crippen LogP contribution in [0.2, 0.25) is 0 Å². The highest BCUT2D eigenvalue weighted by Gasteiger charge is 2.20. The summed E-state index contributed by atoms with van der Waals surface area (Å²) in [5.41, 5.74) is 48.7. The van der Waals surface area contributed by atoms with Gasteiger partial charge in [-0.05, 0) is 187 Å². The molecule has 21 rings (SSSR count). The molecule has 25 heteroatoms. The molecule has 10 aromatic heterocycles. The molecule has 0 atom stereocenters. The van der Waals surface area contributed by atoms with E-state index in [2.05, 4.69) is 109 Å². The molecule has 0 fully saturated rings. The average Bonchev–Trinajstić information content (AvgIpc) is 1.59. The third kappa shape index (κ3) is 16.4. The van der Waals surface area contributed by atoms with E-state index in [1.165, 1.54) is 72.2 Å². The van der Waals surface area contributed by atoms with E-state index in [-0.39, 0.29) is 23.3 Å². The van der Waals surface area contributed by atoms with Crippen molar-refractivity contribution in [3.63, 3.8) is 0 Å². The van der Waals surface area contributed by atoms with Crippen LogP contribution in [0.3, 0.4) is 0 Å². The summed E-state index contributed by atoms with van der Waals surface area (Å²) >= 11 is 0. The number of pyridine rings is 5. The fraction of sp³-hybridized carbons (Fsp3) is 0.0412. The number of aromatic nitrogens is 15. The molecule has 0 saturated carbocycles. The topological polar surface area (TPSA) is 316 Å². The second-order valence-corrected chi connectivity index (χ2v) is 28.9. The van der Waals surface area contributed by atoms with Crippen LogP contribution in [0.15, 0.2) is 316 Å². The number of nitrogens with zero attached hydrogens (tertiary/aromatic N) is 14. The van der Waals surface area contributed by atoms with Crippen molar-refractivity contribution in [3.05, 3.63) is 340 Å². The van der Waals surface area contributed by atoms with E-state index in [1.54, 1.807) is 77.1 Å². The minimum atomic E-state index is -0.276. The summed E-state index contributed by atoms with van der Waals surface area (Å²) in [5, 5.41) is 17.6. The van der Waals surface area contributed by atoms with E-state index in [0.717, 1.165) is 160 Å². The summed E-state index contributed by atoms with van der Waals surface area (Å²) in [7, 11) is 5.66. The Morgan fingerprint density at radius 1 is 0.361 bits per heavy atom. The summed E-state index contributed by atoms with van der Waals surface area (Å²) < 4.78 is 64.7. The molecule has 596 valence electrons. The number of rotatable bonds is 10. The molecule has 0 aliphatic rings. The number of aryl methyl sites for hydroxylation is 4. The number of nitrogen functional groups attached to an aromatic ring is 5. The van der Waals surface area contributed by atoms with Gasteiger partial charge in [0.2, 0.25) is 5.89 Å². The Kier molecular flexibility index (Phi) is 21.5. The van der Waals surface area contributed by atoms with Gasteiger partial charge in [-0.1, -0.05) is 151 Å². The molecule has 0 unspecified atom stereocenters. The van der Waals surface area contributed by atoms with Crippen LogP contribution in [0.5, 0.6) is 0 Å². The van der Waals surface area contributed by atoms with Gasteiger partial charge in [0.1, 0.15) is 70.8 Å². The predicted octanol–water partition coefficient (Wildman–Crippen LogP) is 21.1. The lowest BCUT2D eigenvalue weighted by molar-refractivity contribution is 0.575. The number of nitrogens with one attached hydrogen (secondary N) is 1. The highest BCUT2D eigenvalue weighted by Crippen LogP contribution is 2.40. The zero-order valence-corrected chi connectivity index (χ0v) is 66.0. The number of H-pyrrole nitrogens is 1. The van der Waals surface area contributed by atoms with Crippen LogP contribution in [0.4, 0.5) is 46.7 Å². The van der Waals surface area contributed by atoms with E-state index in [1.807, 2.05) is 165 Å². The number of anilines is 5. The third-order valence-electron chi connectivity index (χ3n) is 20.8. The molecule has 21 aromatic rings. The second kappa shape index (κ2) is 33.6. The number of fused-ring (bicyclic) bond motifs is 6. The van der Waals surface area contributed by atoms with E-state index < -0.39 is 0 Å². The maximum Gasteiger partial charge on any atom is 0.228 e. The van der Waals surface area contributed by atoms with E-state index in [0.29, 0.717) is 40.8 Å². The largest absolute Gasteiger partial charge is 0.444 e. The van der Waals surface area contributed by atoms with Gasteiger partial charge in [0, 0.05) is 114 Å². The number of imidazole rings is 2. The van der Waals surface area contributed by atoms with Crippen LogP contribution >= 0.6 is 0 Å². The number of nitrogens with two attached hydrogens (primary N) is 5. The molecule has 122 heavy (non-hydrogen) atoms. The zero-order valence-electron chi connectivity index (χ0n) is 66.0. The van der Waals surface area contributed by atoms with Gasteiger partial charge in [0.05, 0.1) is 40.5 Å². The van der Waals surface area contributed by atoms with Crippen LogP contribution in [0.25, 0.3) is 177 Å². The highest BCUT2D eigenvalue weighted by molar-refractivity contribution is 6.07. The standard InChI is InChI=1S/C22H15FN4.C20H18N4.C19H15FN4.C18H14FN5.C18H12FN3O/c23-15-5-3-4-13(10-15)14-8-9-16-17(11-14)21(24)25-12-18(16)22-26-19-6-1-2-7-20(19)27-22;1-13-4-3-5-14(10-13)15-6-7-16-17(11-15)20(21)22-12-18(16)19-8-9-24(2)23-19;1-24-10-18(23-11-24)17-9-22-19(21)16-8-13(5-6-15(16)17)12-3-2-4-14(20)7-12;1-24-18(22-10-23-24)16-9-21-17(20)15-8-12(5-6-14(15)16)11-3-2-4-13(19)7-11;19-13-3-1-2-11(8-13)12-4-5-14-15(9-12)17(20)22-10-16(14)18-21-6-7-23-18/h1-12H,(H2,24,25)(H,26,27);3-12H,1-2H3,(H2,21,22);2-11H,1H3,(H2,21,22);2-10H,1H3,(H2,20,21);1-10H,(H2,20,22). The summed E-state index contributed by atoms with van der Waals surface area (Å²) in [4.78, 5) is 42.4. The predicted molar refractivity (Wildman–Crippen MR) is 478 cm³/mol. The molecule has 0 aliphatic heterocycles. The Hall–Kier alpha value is -16.6. The van der Waals surface area contributed by atoms with Gasteiger partial charge in [-0.15, -0.1) is 0 Å². The van der Waals surface area contributed by atoms with Gasteiger partial charge in [0.15, 0.2) is 5.82 Å². The highest BCUT2D eigenvalue weighted by atomic mass is 19.1. The molecule has 0 spiro atoms. The molecule has 0 aliphatic carbocycles. The molecule has 21 nitrogen and oxygen atoms in total. The van der Waals surface area contributed by atoms with Crippen molar-refractivity contribution in [2.75, 3.05) is 28.7 Å². The fourth-order valence-corrected chi connectivity index (χ4v) is 14.7. The number of halogens is 4. The van der Waals surface area contributed by atoms with Gasteiger partial charge in [-0.25, -0.2) is 67.1 Å². The normalized spacial score (nSPS) is 11.1. The van der Waals surface area contributed by atoms with Crippen molar-refractivity contribution in [1.29, 1.82) is 0 Å². The monoisotopic (exact) mass is 1610 g/mol. The molecule has 0 amide bonds. The third-order valence-corrected chi connectivity index (χ3v) is 20.8. The maximum absolute atomic E-state index is 13.6. The SMILES string of the molecule is Cc1cccc(-c2ccc3c(-c4ccn(C)n4)cnc(N)c3c2)c1.Cn1cnc(-c2cnc(N)c3cc(-c4cccc(F)c4)ccc23)c1.Cn1ncnc1-c1cnc(N)c2cc(-c3cccc(F)c3)ccc12.Nc1ncc(-c2nc3ccccc3[nH]2)c2ccc(-c3cccc(F)c3)cc12.Nc1ncc(-c2ncco2)c2ccc(-c3cccc(F)c3)cc12. The summed E-state index contributed by atoms with van der Waals surface area (Å²) in [6.07, 6.45) is 18.8. The number of hydrogen-bond donors (Lipinski definition) is 6. The fourth-order valence-electron chi connectivity index (χ4n) is 14.7. The molecule has 0 saturated heterocycles. The number of oxazole rings is 1. The first-order valence-electron chi connectivity index (χ1n) is 38.5. The Bertz CT molecular complexity index is 7300. The minimum Gasteiger partial charge on any atom is -0.444 e. The molecule has 11 N–H and O–H groups in total. The van der Waals surface area contributed by atoms with Gasteiger partial charge in [-0.3, -0.25) is 4.68 Å². The smallest absolute Gasteiger partial charge is 0.228 e. The quantitative estimate of drug-likeness (QED) is 0.0693. The zero-order chi connectivity index (χ0) is 84.2. The van der Waals surface area contributed by atoms with Gasteiger partial charge >= 0.3 is 0 Å². The first-order valence-corrected chi connectivity index (χ1v) is 38.5. The summed E-state index contributed by atoms with van der Waals surface area (Å²) in [5.74, 6) is 3.12. The van der Waals surface area contributed by atoms with Crippen molar-refractivity contribution >= 4 is 94.0 Å². The average molecular weight is 1610 g/mol. The Morgan fingerprint density at radius 2 is 0.762 bits per heavy atom. The van der Waals surface area contributed by atoms with Crippen molar-refractivity contribution < 1.29 is 22.0 Å². The number of para-hydroxylation sites is 2. The molecule has 0 bridgehead atoms. The number of benzene rings is 11. The molecular formula is C97H74F4N20O. The Balaban J connectivity index is 0.000000109. The van der Waals surface area contributed by atoms with Gasteiger partial charge in [-0.2, -0.15) is 10.2 Å². The van der Waals surface area contributed by atoms with Gasteiger partial charge < -0.3 is 42.6 Å². The number of aromatic amines is 1. The maximum atomic E-state index is 13.6. The lowest BCUT2D eigenvalue weighted by atomic mass is 9.98. The summed E-state index contributed by atoms with van der Waals surface area (Å²) in [6.45, 7) is 2.10. The summed E-state index contributed by atoms with van der Waals surface area (Å²) in [6, 6.07) is 73.9. The lowest BCUT2D eigenvalue weighted by Crippen LogP contribution is -1.98. The van der Waals surface area contributed by atoms with Crippen LogP contribution < -0.4 is 28.7 Å². The molecular weight excluding hydrogens is 1540 g/mol. The minimum absolute atomic E-state index is 0.263. The Morgan fingerprint density at radius 3 is 1.16 bits per heavy atom. The van der Waals surface area contributed by atoms with Crippen LogP contribution in [0.1, 0.15) is 5.56 Å².